The van der Waals surface area contributed by atoms with Crippen molar-refractivity contribution in [2.45, 2.75) is 13.2 Å². The van der Waals surface area contributed by atoms with E-state index in [9.17, 15) is 14.0 Å². The van der Waals surface area contributed by atoms with Gasteiger partial charge >= 0.3 is 0 Å². The molecule has 0 N–H and O–H groups in total. The van der Waals surface area contributed by atoms with Gasteiger partial charge in [0, 0.05) is 10.0 Å². The van der Waals surface area contributed by atoms with E-state index in [0.717, 1.165) is 38.1 Å². The molecule has 174 valence electrons. The largest absolute Gasteiger partial charge is 0.488 e. The monoisotopic (exact) mass is 547 g/mol. The molecule has 0 unspecified atom stereocenters. The lowest BCUT2D eigenvalue weighted by Crippen LogP contribution is -2.27. The summed E-state index contributed by atoms with van der Waals surface area (Å²) < 4.78 is 19.9. The number of carbonyl (C=O) groups excluding carboxylic acids is 2. The fourth-order valence-electron chi connectivity index (χ4n) is 3.88. The summed E-state index contributed by atoms with van der Waals surface area (Å²) in [6, 6.07) is 25.3. The highest BCUT2D eigenvalue weighted by Crippen LogP contribution is 2.36. The van der Waals surface area contributed by atoms with E-state index < -0.39 is 0 Å². The third-order valence-corrected chi connectivity index (χ3v) is 7.05. The Morgan fingerprint density at radius 3 is 2.54 bits per heavy atom. The summed E-state index contributed by atoms with van der Waals surface area (Å²) in [4.78, 5) is 27.6. The standard InChI is InChI=1S/C28H19BrFNO3S/c29-22-10-13-25(34-17-18-8-11-23(30)12-9-18)21(14-22)15-26-27(32)31(28(33)35-26)16-20-6-3-5-19-4-1-2-7-24(19)20/h1-15H,16-17H2/b26-15-. The van der Waals surface area contributed by atoms with Crippen molar-refractivity contribution in [2.75, 3.05) is 0 Å². The predicted molar refractivity (Wildman–Crippen MR) is 140 cm³/mol. The van der Waals surface area contributed by atoms with E-state index in [4.69, 9.17) is 4.74 Å². The van der Waals surface area contributed by atoms with Crippen LogP contribution in [0.3, 0.4) is 0 Å². The molecule has 4 aromatic rings. The number of carbonyl (C=O) groups is 2. The van der Waals surface area contributed by atoms with Crippen molar-refractivity contribution < 1.29 is 18.7 Å². The summed E-state index contributed by atoms with van der Waals surface area (Å²) in [6.45, 7) is 0.446. The summed E-state index contributed by atoms with van der Waals surface area (Å²) >= 11 is 4.38. The summed E-state index contributed by atoms with van der Waals surface area (Å²) in [5, 5.41) is 1.77. The second-order valence-electron chi connectivity index (χ2n) is 8.00. The van der Waals surface area contributed by atoms with Crippen molar-refractivity contribution in [1.29, 1.82) is 0 Å². The van der Waals surface area contributed by atoms with Crippen LogP contribution in [-0.2, 0) is 17.9 Å². The first-order chi connectivity index (χ1) is 17.0. The zero-order valence-corrected chi connectivity index (χ0v) is 20.8. The van der Waals surface area contributed by atoms with Crippen LogP contribution in [0.5, 0.6) is 5.75 Å². The van der Waals surface area contributed by atoms with E-state index in [1.165, 1.54) is 17.0 Å². The molecule has 0 aromatic heterocycles. The van der Waals surface area contributed by atoms with Gasteiger partial charge in [-0.3, -0.25) is 14.5 Å². The lowest BCUT2D eigenvalue weighted by molar-refractivity contribution is -0.123. The molecule has 1 heterocycles. The molecule has 2 amide bonds. The van der Waals surface area contributed by atoms with Gasteiger partial charge in [0.15, 0.2) is 0 Å². The third-order valence-electron chi connectivity index (χ3n) is 5.65. The van der Waals surface area contributed by atoms with Crippen LogP contribution >= 0.6 is 27.7 Å². The van der Waals surface area contributed by atoms with E-state index >= 15 is 0 Å². The molecule has 0 saturated carbocycles. The Morgan fingerprint density at radius 2 is 1.71 bits per heavy atom. The second kappa shape index (κ2) is 10.1. The number of hydrogen-bond donors (Lipinski definition) is 0. The van der Waals surface area contributed by atoms with Gasteiger partial charge in [0.1, 0.15) is 18.2 Å². The van der Waals surface area contributed by atoms with E-state index in [-0.39, 0.29) is 30.1 Å². The van der Waals surface area contributed by atoms with Gasteiger partial charge in [-0.1, -0.05) is 70.5 Å². The first-order valence-corrected chi connectivity index (χ1v) is 12.5. The third kappa shape index (κ3) is 5.16. The Morgan fingerprint density at radius 1 is 0.943 bits per heavy atom. The highest BCUT2D eigenvalue weighted by Gasteiger charge is 2.35. The van der Waals surface area contributed by atoms with Crippen molar-refractivity contribution in [2.24, 2.45) is 0 Å². The molecule has 7 heteroatoms. The molecule has 0 radical (unpaired) electrons. The number of amides is 2. The molecule has 0 atom stereocenters. The fourth-order valence-corrected chi connectivity index (χ4v) is 5.09. The second-order valence-corrected chi connectivity index (χ2v) is 9.91. The Bertz CT molecular complexity index is 1460. The van der Waals surface area contributed by atoms with Crippen molar-refractivity contribution in [3.05, 3.63) is 117 Å². The molecule has 5 rings (SSSR count). The predicted octanol–water partition coefficient (Wildman–Crippen LogP) is 7.56. The van der Waals surface area contributed by atoms with Crippen LogP contribution in [0.1, 0.15) is 16.7 Å². The number of fused-ring (bicyclic) bond motifs is 1. The molecule has 0 spiro atoms. The molecule has 35 heavy (non-hydrogen) atoms. The number of benzene rings is 4. The molecule has 1 aliphatic heterocycles. The molecule has 4 nitrogen and oxygen atoms in total. The topological polar surface area (TPSA) is 46.6 Å². The Kier molecular flexibility index (Phi) is 6.70. The fraction of sp³-hybridized carbons (Fsp3) is 0.0714. The van der Waals surface area contributed by atoms with Gasteiger partial charge in [0.05, 0.1) is 11.4 Å². The Balaban J connectivity index is 1.39. The summed E-state index contributed by atoms with van der Waals surface area (Å²) in [5.74, 6) is -0.0897. The maximum Gasteiger partial charge on any atom is 0.293 e. The molecular weight excluding hydrogens is 529 g/mol. The average molecular weight is 548 g/mol. The minimum atomic E-state index is -0.336. The average Bonchev–Trinajstić information content (AvgIpc) is 3.12. The highest BCUT2D eigenvalue weighted by atomic mass is 79.9. The van der Waals surface area contributed by atoms with Crippen LogP contribution in [0, 0.1) is 5.82 Å². The van der Waals surface area contributed by atoms with Gasteiger partial charge in [0.2, 0.25) is 0 Å². The molecule has 0 aliphatic carbocycles. The molecule has 1 saturated heterocycles. The molecule has 1 aliphatic rings. The lowest BCUT2D eigenvalue weighted by atomic mass is 10.0. The maximum atomic E-state index is 13.2. The van der Waals surface area contributed by atoms with Crippen LogP contribution in [0.2, 0.25) is 0 Å². The van der Waals surface area contributed by atoms with E-state index in [2.05, 4.69) is 15.9 Å². The van der Waals surface area contributed by atoms with Gasteiger partial charge in [-0.2, -0.15) is 0 Å². The Hall–Kier alpha value is -3.42. The van der Waals surface area contributed by atoms with Crippen molar-refractivity contribution >= 4 is 55.7 Å². The van der Waals surface area contributed by atoms with Gasteiger partial charge in [0.25, 0.3) is 11.1 Å². The smallest absolute Gasteiger partial charge is 0.293 e. The van der Waals surface area contributed by atoms with Crippen LogP contribution in [0.25, 0.3) is 16.8 Å². The zero-order valence-electron chi connectivity index (χ0n) is 18.4. The van der Waals surface area contributed by atoms with Crippen LogP contribution in [0.15, 0.2) is 94.3 Å². The number of thioether (sulfide) groups is 1. The van der Waals surface area contributed by atoms with Crippen molar-refractivity contribution in [3.8, 4) is 5.75 Å². The molecule has 1 fully saturated rings. The SMILES string of the molecule is O=C1S/C(=C\c2cc(Br)ccc2OCc2ccc(F)cc2)C(=O)N1Cc1cccc2ccccc12. The normalized spacial score (nSPS) is 14.8. The number of imide groups is 1. The molecular formula is C28H19BrFNO3S. The number of nitrogens with zero attached hydrogens (tertiary/aromatic N) is 1. The first-order valence-electron chi connectivity index (χ1n) is 10.9. The van der Waals surface area contributed by atoms with Crippen LogP contribution in [-0.4, -0.2) is 16.0 Å². The van der Waals surface area contributed by atoms with Gasteiger partial charge in [-0.25, -0.2) is 4.39 Å². The summed E-state index contributed by atoms with van der Waals surface area (Å²) in [7, 11) is 0. The number of halogens is 2. The van der Waals surface area contributed by atoms with E-state index in [1.54, 1.807) is 24.3 Å². The molecule has 0 bridgehead atoms. The van der Waals surface area contributed by atoms with Gasteiger partial charge in [-0.05, 0) is 70.1 Å². The number of hydrogen-bond acceptors (Lipinski definition) is 4. The van der Waals surface area contributed by atoms with E-state index in [1.807, 2.05) is 54.6 Å². The quantitative estimate of drug-likeness (QED) is 0.234. The minimum Gasteiger partial charge on any atom is -0.488 e. The molecule has 4 aromatic carbocycles. The van der Waals surface area contributed by atoms with Crippen LogP contribution < -0.4 is 4.74 Å². The number of ether oxygens (including phenoxy) is 1. The maximum absolute atomic E-state index is 13.2. The summed E-state index contributed by atoms with van der Waals surface area (Å²) in [5.41, 5.74) is 2.39. The minimum absolute atomic E-state index is 0.204. The van der Waals surface area contributed by atoms with Gasteiger partial charge in [-0.15, -0.1) is 0 Å². The van der Waals surface area contributed by atoms with Crippen molar-refractivity contribution in [1.82, 2.24) is 4.90 Å². The summed E-state index contributed by atoms with van der Waals surface area (Å²) in [6.07, 6.45) is 1.68. The zero-order chi connectivity index (χ0) is 24.4. The number of rotatable bonds is 6. The van der Waals surface area contributed by atoms with Crippen molar-refractivity contribution in [3.63, 3.8) is 0 Å². The highest BCUT2D eigenvalue weighted by molar-refractivity contribution is 9.10. The first kappa shape index (κ1) is 23.3. The van der Waals surface area contributed by atoms with Gasteiger partial charge < -0.3 is 4.74 Å². The van der Waals surface area contributed by atoms with E-state index in [0.29, 0.717) is 16.2 Å². The van der Waals surface area contributed by atoms with Crippen LogP contribution in [0.4, 0.5) is 9.18 Å². The Labute approximate surface area is 214 Å². The lowest BCUT2D eigenvalue weighted by Gasteiger charge is -2.14.